The molecule has 21 heavy (non-hydrogen) atoms. The van der Waals surface area contributed by atoms with Gasteiger partial charge in [-0.05, 0) is 65.9 Å². The maximum Gasteiger partial charge on any atom is 0.0738 e. The molecule has 0 fully saturated rings. The van der Waals surface area contributed by atoms with Crippen molar-refractivity contribution in [3.63, 3.8) is 0 Å². The molecule has 0 saturated carbocycles. The SMILES string of the molecule is CNC(Cc1c(Br)c(C)nn1C)c1ccc2c(c1)CCC2. The van der Waals surface area contributed by atoms with Crippen molar-refractivity contribution in [1.29, 1.82) is 0 Å². The second kappa shape index (κ2) is 5.93. The molecule has 0 saturated heterocycles. The monoisotopic (exact) mass is 347 g/mol. The van der Waals surface area contributed by atoms with Gasteiger partial charge in [0, 0.05) is 19.5 Å². The molecule has 0 bridgehead atoms. The lowest BCUT2D eigenvalue weighted by atomic mass is 9.98. The molecule has 2 aromatic rings. The topological polar surface area (TPSA) is 29.9 Å². The van der Waals surface area contributed by atoms with Crippen LogP contribution in [0.25, 0.3) is 0 Å². The minimum absolute atomic E-state index is 0.321. The van der Waals surface area contributed by atoms with Gasteiger partial charge in [-0.1, -0.05) is 18.2 Å². The van der Waals surface area contributed by atoms with Crippen LogP contribution in [0.5, 0.6) is 0 Å². The van der Waals surface area contributed by atoms with Crippen LogP contribution in [0.15, 0.2) is 22.7 Å². The Morgan fingerprint density at radius 3 is 2.76 bits per heavy atom. The van der Waals surface area contributed by atoms with Crippen molar-refractivity contribution in [3.05, 3.63) is 50.8 Å². The van der Waals surface area contributed by atoms with Crippen LogP contribution in [0.1, 0.15) is 40.5 Å². The van der Waals surface area contributed by atoms with E-state index in [-0.39, 0.29) is 0 Å². The maximum atomic E-state index is 4.49. The lowest BCUT2D eigenvalue weighted by molar-refractivity contribution is 0.560. The number of likely N-dealkylation sites (N-methyl/N-ethyl adjacent to an activating group) is 1. The Labute approximate surface area is 134 Å². The first kappa shape index (κ1) is 14.8. The third kappa shape index (κ3) is 2.79. The molecule has 1 atom stereocenters. The molecule has 3 nitrogen and oxygen atoms in total. The highest BCUT2D eigenvalue weighted by Gasteiger charge is 2.19. The number of hydrogen-bond donors (Lipinski definition) is 1. The summed E-state index contributed by atoms with van der Waals surface area (Å²) in [5, 5.41) is 7.95. The molecule has 112 valence electrons. The molecule has 1 aliphatic carbocycles. The van der Waals surface area contributed by atoms with Crippen LogP contribution in [-0.4, -0.2) is 16.8 Å². The Bertz CT molecular complexity index is 660. The maximum absolute atomic E-state index is 4.49. The van der Waals surface area contributed by atoms with Gasteiger partial charge in [0.1, 0.15) is 0 Å². The third-order valence-electron chi connectivity index (χ3n) is 4.53. The molecular weight excluding hydrogens is 326 g/mol. The Morgan fingerprint density at radius 1 is 1.33 bits per heavy atom. The van der Waals surface area contributed by atoms with E-state index >= 15 is 0 Å². The van der Waals surface area contributed by atoms with E-state index < -0.39 is 0 Å². The second-order valence-corrected chi connectivity index (χ2v) is 6.69. The van der Waals surface area contributed by atoms with E-state index in [1.165, 1.54) is 41.6 Å². The van der Waals surface area contributed by atoms with Crippen LogP contribution < -0.4 is 5.32 Å². The van der Waals surface area contributed by atoms with Gasteiger partial charge in [-0.3, -0.25) is 4.68 Å². The fourth-order valence-electron chi connectivity index (χ4n) is 3.29. The number of nitrogens with zero attached hydrogens (tertiary/aromatic N) is 2. The number of fused-ring (bicyclic) bond motifs is 1. The van der Waals surface area contributed by atoms with Crippen LogP contribution >= 0.6 is 15.9 Å². The number of aromatic nitrogens is 2. The van der Waals surface area contributed by atoms with E-state index in [0.717, 1.165) is 16.6 Å². The summed E-state index contributed by atoms with van der Waals surface area (Å²) in [7, 11) is 4.05. The van der Waals surface area contributed by atoms with E-state index in [2.05, 4.69) is 44.5 Å². The highest BCUT2D eigenvalue weighted by Crippen LogP contribution is 2.29. The Balaban J connectivity index is 1.88. The predicted octanol–water partition coefficient (Wildman–Crippen LogP) is 3.48. The Hall–Kier alpha value is -1.13. The average Bonchev–Trinajstić information content (AvgIpc) is 3.03. The molecule has 1 aliphatic rings. The highest BCUT2D eigenvalue weighted by molar-refractivity contribution is 9.10. The van der Waals surface area contributed by atoms with Crippen molar-refractivity contribution in [1.82, 2.24) is 15.1 Å². The third-order valence-corrected chi connectivity index (χ3v) is 5.56. The molecule has 0 aliphatic heterocycles. The largest absolute Gasteiger partial charge is 0.313 e. The summed E-state index contributed by atoms with van der Waals surface area (Å²) in [6.07, 6.45) is 4.71. The molecule has 1 unspecified atom stereocenters. The summed E-state index contributed by atoms with van der Waals surface area (Å²) in [4.78, 5) is 0. The number of rotatable bonds is 4. The van der Waals surface area contributed by atoms with Crippen LogP contribution in [0, 0.1) is 6.92 Å². The lowest BCUT2D eigenvalue weighted by Gasteiger charge is -2.18. The van der Waals surface area contributed by atoms with E-state index in [1.807, 2.05) is 25.7 Å². The molecule has 0 spiro atoms. The molecule has 1 aromatic heterocycles. The summed E-state index contributed by atoms with van der Waals surface area (Å²) in [5.41, 5.74) is 6.74. The van der Waals surface area contributed by atoms with Gasteiger partial charge in [0.25, 0.3) is 0 Å². The number of benzene rings is 1. The molecule has 1 N–H and O–H groups in total. The molecule has 1 aromatic carbocycles. The van der Waals surface area contributed by atoms with Crippen molar-refractivity contribution in [3.8, 4) is 0 Å². The van der Waals surface area contributed by atoms with Gasteiger partial charge < -0.3 is 5.32 Å². The minimum Gasteiger partial charge on any atom is -0.313 e. The molecule has 3 rings (SSSR count). The number of aryl methyl sites for hydroxylation is 4. The second-order valence-electron chi connectivity index (χ2n) is 5.90. The zero-order chi connectivity index (χ0) is 15.0. The Morgan fingerprint density at radius 2 is 2.10 bits per heavy atom. The normalized spacial score (nSPS) is 15.2. The quantitative estimate of drug-likeness (QED) is 0.917. The van der Waals surface area contributed by atoms with Gasteiger partial charge in [0.15, 0.2) is 0 Å². The summed E-state index contributed by atoms with van der Waals surface area (Å²) >= 11 is 3.67. The predicted molar refractivity (Wildman–Crippen MR) is 89.6 cm³/mol. The summed E-state index contributed by atoms with van der Waals surface area (Å²) in [6.45, 7) is 2.04. The molecule has 4 heteroatoms. The van der Waals surface area contributed by atoms with E-state index in [1.54, 1.807) is 0 Å². The first-order valence-corrected chi connectivity index (χ1v) is 8.36. The van der Waals surface area contributed by atoms with Crippen molar-refractivity contribution in [2.75, 3.05) is 7.05 Å². The van der Waals surface area contributed by atoms with E-state index in [0.29, 0.717) is 6.04 Å². The fraction of sp³-hybridized carbons (Fsp3) is 0.471. The summed E-state index contributed by atoms with van der Waals surface area (Å²) in [6, 6.07) is 7.30. The van der Waals surface area contributed by atoms with Crippen LogP contribution in [-0.2, 0) is 26.3 Å². The van der Waals surface area contributed by atoms with E-state index in [9.17, 15) is 0 Å². The number of nitrogens with one attached hydrogen (secondary N) is 1. The first-order valence-electron chi connectivity index (χ1n) is 7.57. The zero-order valence-electron chi connectivity index (χ0n) is 12.9. The van der Waals surface area contributed by atoms with Crippen LogP contribution in [0.3, 0.4) is 0 Å². The minimum atomic E-state index is 0.321. The highest BCUT2D eigenvalue weighted by atomic mass is 79.9. The van der Waals surface area contributed by atoms with Crippen LogP contribution in [0.2, 0.25) is 0 Å². The van der Waals surface area contributed by atoms with E-state index in [4.69, 9.17) is 0 Å². The van der Waals surface area contributed by atoms with Crippen molar-refractivity contribution in [2.24, 2.45) is 7.05 Å². The average molecular weight is 348 g/mol. The molecule has 1 heterocycles. The molecule has 0 radical (unpaired) electrons. The number of halogens is 1. The van der Waals surface area contributed by atoms with Crippen LogP contribution in [0.4, 0.5) is 0 Å². The standard InChI is InChI=1S/C17H22BrN3/c1-11-17(18)16(21(3)20-11)10-15(19-2)14-8-7-12-5-4-6-13(12)9-14/h7-9,15,19H,4-6,10H2,1-3H3. The zero-order valence-corrected chi connectivity index (χ0v) is 14.5. The van der Waals surface area contributed by atoms with Gasteiger partial charge >= 0.3 is 0 Å². The van der Waals surface area contributed by atoms with Crippen molar-refractivity contribution >= 4 is 15.9 Å². The fourth-order valence-corrected chi connectivity index (χ4v) is 3.79. The van der Waals surface area contributed by atoms with Gasteiger partial charge in [-0.15, -0.1) is 0 Å². The molecular formula is C17H22BrN3. The van der Waals surface area contributed by atoms with Crippen molar-refractivity contribution < 1.29 is 0 Å². The molecule has 0 amide bonds. The summed E-state index contributed by atoms with van der Waals surface area (Å²) in [5.74, 6) is 0. The number of hydrogen-bond acceptors (Lipinski definition) is 2. The Kier molecular flexibility index (Phi) is 4.18. The smallest absolute Gasteiger partial charge is 0.0738 e. The van der Waals surface area contributed by atoms with Crippen molar-refractivity contribution in [2.45, 2.75) is 38.6 Å². The summed E-state index contributed by atoms with van der Waals surface area (Å²) < 4.78 is 3.11. The first-order chi connectivity index (χ1) is 10.1. The van der Waals surface area contributed by atoms with Gasteiger partial charge in [0.05, 0.1) is 15.9 Å². The lowest BCUT2D eigenvalue weighted by Crippen LogP contribution is -2.20. The van der Waals surface area contributed by atoms with Gasteiger partial charge in [-0.2, -0.15) is 5.10 Å². The van der Waals surface area contributed by atoms with Gasteiger partial charge in [0.2, 0.25) is 0 Å². The van der Waals surface area contributed by atoms with Gasteiger partial charge in [-0.25, -0.2) is 0 Å².